The van der Waals surface area contributed by atoms with Crippen LogP contribution in [0.2, 0.25) is 10.0 Å². The molecule has 0 amide bonds. The number of aromatic nitrogens is 2. The number of benzene rings is 2. The zero-order chi connectivity index (χ0) is 18.7. The van der Waals surface area contributed by atoms with Gasteiger partial charge in [-0.2, -0.15) is 5.10 Å². The van der Waals surface area contributed by atoms with E-state index >= 15 is 0 Å². The minimum Gasteiger partial charge on any atom is -0.332 e. The Morgan fingerprint density at radius 2 is 1.92 bits per heavy atom. The summed E-state index contributed by atoms with van der Waals surface area (Å²) in [6.45, 7) is 2.11. The molecule has 0 bridgehead atoms. The van der Waals surface area contributed by atoms with Gasteiger partial charge in [-0.25, -0.2) is 4.39 Å². The normalized spacial score (nSPS) is 10.6. The summed E-state index contributed by atoms with van der Waals surface area (Å²) in [5.74, 6) is 0.189. The summed E-state index contributed by atoms with van der Waals surface area (Å²) in [5.41, 5.74) is 2.01. The van der Waals surface area contributed by atoms with Crippen LogP contribution in [0.1, 0.15) is 11.3 Å². The molecule has 0 aliphatic carbocycles. The second-order valence-corrected chi connectivity index (χ2v) is 6.87. The quantitative estimate of drug-likeness (QED) is 0.559. The lowest BCUT2D eigenvalue weighted by Gasteiger charge is -2.09. The van der Waals surface area contributed by atoms with Gasteiger partial charge in [-0.05, 0) is 49.5 Å². The molecular weight excluding hydrogens is 394 g/mol. The van der Waals surface area contributed by atoms with Gasteiger partial charge >= 0.3 is 0 Å². The third kappa shape index (κ3) is 4.52. The summed E-state index contributed by atoms with van der Waals surface area (Å²) < 4.78 is 15.6. The van der Waals surface area contributed by atoms with Crippen molar-refractivity contribution in [3.63, 3.8) is 0 Å². The topological polar surface area (TPSA) is 41.9 Å². The minimum absolute atomic E-state index is 0.230. The van der Waals surface area contributed by atoms with E-state index in [9.17, 15) is 4.39 Å². The molecular formula is C18H15Cl2FN4S. The lowest BCUT2D eigenvalue weighted by atomic mass is 10.2. The maximum atomic E-state index is 14.0. The van der Waals surface area contributed by atoms with Crippen molar-refractivity contribution in [3.8, 4) is 0 Å². The summed E-state index contributed by atoms with van der Waals surface area (Å²) in [6.07, 6.45) is 0. The Balaban J connectivity index is 1.71. The first-order chi connectivity index (χ1) is 12.4. The van der Waals surface area contributed by atoms with Crippen molar-refractivity contribution in [3.05, 3.63) is 75.7 Å². The van der Waals surface area contributed by atoms with Gasteiger partial charge < -0.3 is 10.6 Å². The minimum atomic E-state index is -0.361. The van der Waals surface area contributed by atoms with Crippen molar-refractivity contribution in [2.45, 2.75) is 13.5 Å². The van der Waals surface area contributed by atoms with Gasteiger partial charge in [0.05, 0.1) is 6.54 Å². The average Bonchev–Trinajstić information content (AvgIpc) is 2.90. The molecule has 0 radical (unpaired) electrons. The SMILES string of the molecule is Cc1cc(NC(=S)Nc2cccc(Cl)c2)nn1Cc1c(F)cccc1Cl. The van der Waals surface area contributed by atoms with Gasteiger partial charge in [0.2, 0.25) is 0 Å². The predicted molar refractivity (Wildman–Crippen MR) is 109 cm³/mol. The zero-order valence-electron chi connectivity index (χ0n) is 13.8. The van der Waals surface area contributed by atoms with Gasteiger partial charge in [-0.1, -0.05) is 35.3 Å². The number of hydrogen-bond donors (Lipinski definition) is 2. The van der Waals surface area contributed by atoms with E-state index in [0.717, 1.165) is 11.4 Å². The van der Waals surface area contributed by atoms with Crippen molar-refractivity contribution < 1.29 is 4.39 Å². The standard InChI is InChI=1S/C18H15Cl2FN4S/c1-11-8-17(23-18(26)22-13-5-2-4-12(19)9-13)24-25(11)10-14-15(20)6-3-7-16(14)21/h2-9H,10H2,1H3,(H2,22,23,24,26). The molecule has 0 unspecified atom stereocenters. The lowest BCUT2D eigenvalue weighted by Crippen LogP contribution is -2.19. The molecule has 0 aliphatic heterocycles. The molecule has 0 fully saturated rings. The van der Waals surface area contributed by atoms with Gasteiger partial charge in [-0.15, -0.1) is 0 Å². The summed E-state index contributed by atoms with van der Waals surface area (Å²) in [4.78, 5) is 0. The van der Waals surface area contributed by atoms with Crippen molar-refractivity contribution in [2.24, 2.45) is 0 Å². The molecule has 4 nitrogen and oxygen atoms in total. The van der Waals surface area contributed by atoms with Gasteiger partial charge in [0.25, 0.3) is 0 Å². The van der Waals surface area contributed by atoms with Crippen LogP contribution in [0, 0.1) is 12.7 Å². The van der Waals surface area contributed by atoms with E-state index in [0.29, 0.717) is 26.5 Å². The lowest BCUT2D eigenvalue weighted by molar-refractivity contribution is 0.581. The predicted octanol–water partition coefficient (Wildman–Crippen LogP) is 5.49. The van der Waals surface area contributed by atoms with Crippen LogP contribution in [-0.2, 0) is 6.54 Å². The number of nitrogens with one attached hydrogen (secondary N) is 2. The first-order valence-corrected chi connectivity index (χ1v) is 8.89. The third-order valence-corrected chi connectivity index (χ3v) is 4.47. The van der Waals surface area contributed by atoms with E-state index in [1.54, 1.807) is 28.9 Å². The molecule has 0 spiro atoms. The van der Waals surface area contributed by atoms with E-state index in [2.05, 4.69) is 15.7 Å². The Bertz CT molecular complexity index is 938. The van der Waals surface area contributed by atoms with Crippen molar-refractivity contribution in [2.75, 3.05) is 10.6 Å². The van der Waals surface area contributed by atoms with Gasteiger partial charge in [0.15, 0.2) is 10.9 Å². The van der Waals surface area contributed by atoms with Crippen LogP contribution >= 0.6 is 35.4 Å². The summed E-state index contributed by atoms with van der Waals surface area (Å²) in [6, 6.07) is 13.6. The van der Waals surface area contributed by atoms with Crippen LogP contribution < -0.4 is 10.6 Å². The Kier molecular flexibility index (Phi) is 5.76. The summed E-state index contributed by atoms with van der Waals surface area (Å²) in [5, 5.41) is 11.8. The highest BCUT2D eigenvalue weighted by atomic mass is 35.5. The fourth-order valence-corrected chi connectivity index (χ4v) is 3.04. The van der Waals surface area contributed by atoms with Crippen LogP contribution in [0.5, 0.6) is 0 Å². The molecule has 1 heterocycles. The molecule has 26 heavy (non-hydrogen) atoms. The molecule has 0 saturated heterocycles. The Morgan fingerprint density at radius 3 is 2.65 bits per heavy atom. The molecule has 3 aromatic rings. The summed E-state index contributed by atoms with van der Waals surface area (Å²) >= 11 is 17.3. The maximum absolute atomic E-state index is 14.0. The van der Waals surface area contributed by atoms with Crippen molar-refractivity contribution in [1.29, 1.82) is 0 Å². The van der Waals surface area contributed by atoms with E-state index in [-0.39, 0.29) is 12.4 Å². The van der Waals surface area contributed by atoms with Gasteiger partial charge in [0.1, 0.15) is 5.82 Å². The average molecular weight is 409 g/mol. The number of thiocarbonyl (C=S) groups is 1. The number of anilines is 2. The highest BCUT2D eigenvalue weighted by Gasteiger charge is 2.11. The largest absolute Gasteiger partial charge is 0.332 e. The zero-order valence-corrected chi connectivity index (χ0v) is 16.1. The summed E-state index contributed by atoms with van der Waals surface area (Å²) in [7, 11) is 0. The first-order valence-electron chi connectivity index (χ1n) is 7.73. The molecule has 2 N–H and O–H groups in total. The van der Waals surface area contributed by atoms with Crippen LogP contribution in [0.25, 0.3) is 0 Å². The Hall–Kier alpha value is -2.15. The highest BCUT2D eigenvalue weighted by molar-refractivity contribution is 7.80. The van der Waals surface area contributed by atoms with E-state index in [1.807, 2.05) is 25.1 Å². The highest BCUT2D eigenvalue weighted by Crippen LogP contribution is 2.21. The van der Waals surface area contributed by atoms with Crippen LogP contribution in [0.3, 0.4) is 0 Å². The van der Waals surface area contributed by atoms with Crippen molar-refractivity contribution >= 4 is 52.0 Å². The second-order valence-electron chi connectivity index (χ2n) is 5.62. The van der Waals surface area contributed by atoms with E-state index in [4.69, 9.17) is 35.4 Å². The van der Waals surface area contributed by atoms with Crippen molar-refractivity contribution in [1.82, 2.24) is 9.78 Å². The molecule has 0 aliphatic rings. The van der Waals surface area contributed by atoms with Gasteiger partial charge in [-0.3, -0.25) is 4.68 Å². The molecule has 1 aromatic heterocycles. The maximum Gasteiger partial charge on any atom is 0.176 e. The smallest absolute Gasteiger partial charge is 0.176 e. The number of hydrogen-bond acceptors (Lipinski definition) is 2. The number of nitrogens with zero attached hydrogens (tertiary/aromatic N) is 2. The Morgan fingerprint density at radius 1 is 1.15 bits per heavy atom. The van der Waals surface area contributed by atoms with Crippen LogP contribution in [-0.4, -0.2) is 14.9 Å². The van der Waals surface area contributed by atoms with Crippen LogP contribution in [0.15, 0.2) is 48.5 Å². The second kappa shape index (κ2) is 8.03. The van der Waals surface area contributed by atoms with E-state index < -0.39 is 0 Å². The molecule has 0 atom stereocenters. The van der Waals surface area contributed by atoms with E-state index in [1.165, 1.54) is 6.07 Å². The molecule has 3 rings (SSSR count). The van der Waals surface area contributed by atoms with Crippen LogP contribution in [0.4, 0.5) is 15.9 Å². The Labute approximate surface area is 165 Å². The first kappa shape index (κ1) is 18.6. The molecule has 2 aromatic carbocycles. The fourth-order valence-electron chi connectivity index (χ4n) is 2.41. The molecule has 0 saturated carbocycles. The monoisotopic (exact) mass is 408 g/mol. The number of halogens is 3. The molecule has 8 heteroatoms. The molecule has 134 valence electrons. The van der Waals surface area contributed by atoms with Gasteiger partial charge in [0, 0.05) is 33.1 Å². The number of rotatable bonds is 4. The number of aryl methyl sites for hydroxylation is 1. The third-order valence-electron chi connectivity index (χ3n) is 3.67. The fraction of sp³-hybridized carbons (Fsp3) is 0.111.